The van der Waals surface area contributed by atoms with Gasteiger partial charge in [-0.1, -0.05) is 13.8 Å². The zero-order chi connectivity index (χ0) is 7.82. The predicted octanol–water partition coefficient (Wildman–Crippen LogP) is 1.31. The lowest BCUT2D eigenvalue weighted by atomic mass is 10.3. The zero-order valence-electron chi connectivity index (χ0n) is 6.97. The molecule has 0 spiro atoms. The summed E-state index contributed by atoms with van der Waals surface area (Å²) in [7, 11) is 0. The van der Waals surface area contributed by atoms with E-state index in [1.807, 2.05) is 0 Å². The van der Waals surface area contributed by atoms with Gasteiger partial charge in [-0.15, -0.1) is 0 Å². The Hall–Kier alpha value is -0.370. The maximum atomic E-state index is 10.0. The second kappa shape index (κ2) is 6.75. The standard InChI is InChI=1S/C8H17NO/c1-3-6-9(4-2)7-5-8-10/h8H,3-7H2,1-2H3. The van der Waals surface area contributed by atoms with Crippen molar-refractivity contribution in [2.75, 3.05) is 19.6 Å². The highest BCUT2D eigenvalue weighted by molar-refractivity contribution is 5.49. The van der Waals surface area contributed by atoms with Crippen LogP contribution in [0.5, 0.6) is 0 Å². The van der Waals surface area contributed by atoms with Gasteiger partial charge in [-0.3, -0.25) is 0 Å². The number of nitrogens with zero attached hydrogens (tertiary/aromatic N) is 1. The van der Waals surface area contributed by atoms with Gasteiger partial charge in [-0.2, -0.15) is 0 Å². The maximum absolute atomic E-state index is 10.0. The van der Waals surface area contributed by atoms with Gasteiger partial charge in [0.05, 0.1) is 0 Å². The first-order chi connectivity index (χ1) is 4.85. The second-order valence-corrected chi connectivity index (χ2v) is 2.39. The highest BCUT2D eigenvalue weighted by atomic mass is 16.1. The van der Waals surface area contributed by atoms with Gasteiger partial charge in [0.2, 0.25) is 0 Å². The van der Waals surface area contributed by atoms with Crippen molar-refractivity contribution in [1.82, 2.24) is 4.90 Å². The number of carbonyl (C=O) groups is 1. The van der Waals surface area contributed by atoms with Crippen LogP contribution >= 0.6 is 0 Å². The van der Waals surface area contributed by atoms with Crippen molar-refractivity contribution < 1.29 is 4.79 Å². The molecule has 0 saturated heterocycles. The molecule has 0 aromatic rings. The molecule has 60 valence electrons. The summed E-state index contributed by atoms with van der Waals surface area (Å²) in [4.78, 5) is 12.3. The van der Waals surface area contributed by atoms with Crippen molar-refractivity contribution in [3.8, 4) is 0 Å². The zero-order valence-corrected chi connectivity index (χ0v) is 6.97. The Bertz CT molecular complexity index is 83.3. The van der Waals surface area contributed by atoms with Gasteiger partial charge >= 0.3 is 0 Å². The van der Waals surface area contributed by atoms with Crippen molar-refractivity contribution in [1.29, 1.82) is 0 Å². The third-order valence-corrected chi connectivity index (χ3v) is 1.55. The molecule has 2 heteroatoms. The molecule has 0 rings (SSSR count). The third-order valence-electron chi connectivity index (χ3n) is 1.55. The fraction of sp³-hybridized carbons (Fsp3) is 0.875. The topological polar surface area (TPSA) is 20.3 Å². The second-order valence-electron chi connectivity index (χ2n) is 2.39. The van der Waals surface area contributed by atoms with Crippen LogP contribution in [0.15, 0.2) is 0 Å². The van der Waals surface area contributed by atoms with E-state index in [0.29, 0.717) is 6.42 Å². The van der Waals surface area contributed by atoms with E-state index in [4.69, 9.17) is 0 Å². The first-order valence-electron chi connectivity index (χ1n) is 4.01. The van der Waals surface area contributed by atoms with Gasteiger partial charge in [0.15, 0.2) is 0 Å². The molecule has 0 saturated carbocycles. The predicted molar refractivity (Wildman–Crippen MR) is 43.1 cm³/mol. The number of hydrogen-bond donors (Lipinski definition) is 0. The number of aldehydes is 1. The first-order valence-corrected chi connectivity index (χ1v) is 4.01. The summed E-state index contributed by atoms with van der Waals surface area (Å²) in [5.41, 5.74) is 0. The molecular weight excluding hydrogens is 126 g/mol. The van der Waals surface area contributed by atoms with Gasteiger partial charge in [0.1, 0.15) is 6.29 Å². The summed E-state index contributed by atoms with van der Waals surface area (Å²) < 4.78 is 0. The minimum absolute atomic E-state index is 0.674. The van der Waals surface area contributed by atoms with Gasteiger partial charge in [0, 0.05) is 13.0 Å². The van der Waals surface area contributed by atoms with Crippen molar-refractivity contribution in [2.45, 2.75) is 26.7 Å². The molecule has 0 amide bonds. The lowest BCUT2D eigenvalue weighted by Gasteiger charge is -2.17. The van der Waals surface area contributed by atoms with Crippen LogP contribution in [0.2, 0.25) is 0 Å². The number of rotatable bonds is 6. The van der Waals surface area contributed by atoms with Gasteiger partial charge in [-0.05, 0) is 19.5 Å². The van der Waals surface area contributed by atoms with E-state index in [-0.39, 0.29) is 0 Å². The Kier molecular flexibility index (Phi) is 6.50. The smallest absolute Gasteiger partial charge is 0.121 e. The third kappa shape index (κ3) is 4.50. The Balaban J connectivity index is 3.29. The van der Waals surface area contributed by atoms with Crippen molar-refractivity contribution in [3.05, 3.63) is 0 Å². The Morgan fingerprint density at radius 1 is 1.30 bits per heavy atom. The van der Waals surface area contributed by atoms with E-state index >= 15 is 0 Å². The average Bonchev–Trinajstić information content (AvgIpc) is 1.98. The van der Waals surface area contributed by atoms with Crippen LogP contribution in [0.1, 0.15) is 26.7 Å². The molecule has 0 fully saturated rings. The van der Waals surface area contributed by atoms with E-state index < -0.39 is 0 Å². The summed E-state index contributed by atoms with van der Waals surface area (Å²) >= 11 is 0. The van der Waals surface area contributed by atoms with E-state index in [1.165, 1.54) is 6.42 Å². The molecule has 0 N–H and O–H groups in total. The van der Waals surface area contributed by atoms with Gasteiger partial charge in [0.25, 0.3) is 0 Å². The van der Waals surface area contributed by atoms with Crippen LogP contribution in [0.4, 0.5) is 0 Å². The number of hydrogen-bond acceptors (Lipinski definition) is 2. The van der Waals surface area contributed by atoms with Gasteiger partial charge in [-0.25, -0.2) is 0 Å². The minimum atomic E-state index is 0.674. The summed E-state index contributed by atoms with van der Waals surface area (Å²) in [6, 6.07) is 0. The fourth-order valence-electron chi connectivity index (χ4n) is 0.980. The molecule has 0 atom stereocenters. The quantitative estimate of drug-likeness (QED) is 0.522. The molecule has 0 aromatic heterocycles. The maximum Gasteiger partial charge on any atom is 0.121 e. The minimum Gasteiger partial charge on any atom is -0.303 e. The largest absolute Gasteiger partial charge is 0.303 e. The molecule has 0 aliphatic carbocycles. The molecule has 0 bridgehead atoms. The fourth-order valence-corrected chi connectivity index (χ4v) is 0.980. The lowest BCUT2D eigenvalue weighted by Crippen LogP contribution is -2.25. The van der Waals surface area contributed by atoms with Crippen LogP contribution in [0.25, 0.3) is 0 Å². The van der Waals surface area contributed by atoms with Crippen LogP contribution in [-0.2, 0) is 4.79 Å². The normalized spacial score (nSPS) is 10.3. The summed E-state index contributed by atoms with van der Waals surface area (Å²) in [5, 5.41) is 0. The molecule has 0 aromatic carbocycles. The molecule has 0 aliphatic rings. The monoisotopic (exact) mass is 143 g/mol. The highest BCUT2D eigenvalue weighted by Crippen LogP contribution is 1.90. The summed E-state index contributed by atoms with van der Waals surface area (Å²) in [6.45, 7) is 7.38. The Morgan fingerprint density at radius 3 is 2.40 bits per heavy atom. The molecule has 0 heterocycles. The molecule has 10 heavy (non-hydrogen) atoms. The summed E-state index contributed by atoms with van der Waals surface area (Å²) in [6.07, 6.45) is 2.83. The van der Waals surface area contributed by atoms with Gasteiger partial charge < -0.3 is 9.69 Å². The SMILES string of the molecule is CCCN(CC)CCC=O. The van der Waals surface area contributed by atoms with E-state index in [0.717, 1.165) is 25.9 Å². The first kappa shape index (κ1) is 9.63. The molecule has 0 radical (unpaired) electrons. The number of carbonyl (C=O) groups excluding carboxylic acids is 1. The van der Waals surface area contributed by atoms with Crippen LogP contribution in [-0.4, -0.2) is 30.8 Å². The average molecular weight is 143 g/mol. The molecule has 0 aliphatic heterocycles. The Labute approximate surface area is 63.2 Å². The van der Waals surface area contributed by atoms with E-state index in [9.17, 15) is 4.79 Å². The van der Waals surface area contributed by atoms with Crippen molar-refractivity contribution in [3.63, 3.8) is 0 Å². The highest BCUT2D eigenvalue weighted by Gasteiger charge is 1.97. The van der Waals surface area contributed by atoms with Crippen molar-refractivity contribution in [2.24, 2.45) is 0 Å². The molecular formula is C8H17NO. The van der Waals surface area contributed by atoms with Crippen molar-refractivity contribution >= 4 is 6.29 Å². The van der Waals surface area contributed by atoms with Crippen LogP contribution in [0, 0.1) is 0 Å². The van der Waals surface area contributed by atoms with Crippen LogP contribution < -0.4 is 0 Å². The molecule has 2 nitrogen and oxygen atoms in total. The lowest BCUT2D eigenvalue weighted by molar-refractivity contribution is -0.108. The molecule has 0 unspecified atom stereocenters. The van der Waals surface area contributed by atoms with E-state index in [1.54, 1.807) is 0 Å². The van der Waals surface area contributed by atoms with E-state index in [2.05, 4.69) is 18.7 Å². The summed E-state index contributed by atoms with van der Waals surface area (Å²) in [5.74, 6) is 0. The Morgan fingerprint density at radius 2 is 2.00 bits per heavy atom. The van der Waals surface area contributed by atoms with Crippen LogP contribution in [0.3, 0.4) is 0 Å².